The van der Waals surface area contributed by atoms with Crippen LogP contribution in [0.1, 0.15) is 37.3 Å². The second-order valence-electron chi connectivity index (χ2n) is 4.59. The van der Waals surface area contributed by atoms with E-state index in [0.717, 1.165) is 23.4 Å². The van der Waals surface area contributed by atoms with Crippen LogP contribution in [0.2, 0.25) is 0 Å². The van der Waals surface area contributed by atoms with E-state index in [-0.39, 0.29) is 0 Å². The normalized spacial score (nSPS) is 10.9. The minimum atomic E-state index is 0.513. The maximum absolute atomic E-state index is 5.44. The van der Waals surface area contributed by atoms with Crippen molar-refractivity contribution < 1.29 is 4.74 Å². The van der Waals surface area contributed by atoms with Gasteiger partial charge in [-0.15, -0.1) is 11.3 Å². The van der Waals surface area contributed by atoms with Crippen molar-refractivity contribution in [1.82, 2.24) is 4.98 Å². The van der Waals surface area contributed by atoms with Crippen LogP contribution in [0.5, 0.6) is 5.75 Å². The highest BCUT2D eigenvalue weighted by molar-refractivity contribution is 7.09. The molecule has 0 fully saturated rings. The zero-order chi connectivity index (χ0) is 13.1. The maximum atomic E-state index is 5.44. The van der Waals surface area contributed by atoms with Crippen molar-refractivity contribution in [3.63, 3.8) is 0 Å². The van der Waals surface area contributed by atoms with Gasteiger partial charge in [0.15, 0.2) is 0 Å². The van der Waals surface area contributed by atoms with E-state index in [4.69, 9.17) is 4.74 Å². The Morgan fingerprint density at radius 3 is 2.67 bits per heavy atom. The van der Waals surface area contributed by atoms with E-state index in [9.17, 15) is 0 Å². The Kier molecular flexibility index (Phi) is 4.02. The van der Waals surface area contributed by atoms with E-state index in [1.165, 1.54) is 10.6 Å². The van der Waals surface area contributed by atoms with Crippen molar-refractivity contribution in [2.75, 3.05) is 7.11 Å². The molecule has 0 radical (unpaired) electrons. The summed E-state index contributed by atoms with van der Waals surface area (Å²) in [6.07, 6.45) is 0.983. The van der Waals surface area contributed by atoms with Gasteiger partial charge in [0.2, 0.25) is 0 Å². The third-order valence-electron chi connectivity index (χ3n) is 3.02. The number of ether oxygens (including phenoxy) is 1. The lowest BCUT2D eigenvalue weighted by Crippen LogP contribution is -1.93. The molecule has 0 saturated carbocycles. The van der Waals surface area contributed by atoms with Crippen molar-refractivity contribution >= 4 is 11.3 Å². The summed E-state index contributed by atoms with van der Waals surface area (Å²) < 4.78 is 5.44. The molecular weight excluding hydrogens is 242 g/mol. The molecule has 0 aliphatic rings. The highest BCUT2D eigenvalue weighted by Gasteiger charge is 2.11. The van der Waals surface area contributed by atoms with Gasteiger partial charge in [0.05, 0.1) is 17.8 Å². The van der Waals surface area contributed by atoms with Crippen molar-refractivity contribution in [3.8, 4) is 17.0 Å². The van der Waals surface area contributed by atoms with Crippen LogP contribution in [0.15, 0.2) is 23.6 Å². The smallest absolute Gasteiger partial charge is 0.128 e. The van der Waals surface area contributed by atoms with Crippen LogP contribution in [-0.4, -0.2) is 12.1 Å². The first-order chi connectivity index (χ1) is 8.65. The average molecular weight is 261 g/mol. The number of hydrogen-bond acceptors (Lipinski definition) is 3. The van der Waals surface area contributed by atoms with Gasteiger partial charge in [0.1, 0.15) is 5.75 Å². The zero-order valence-corrected chi connectivity index (χ0v) is 12.2. The highest BCUT2D eigenvalue weighted by Crippen LogP contribution is 2.33. The van der Waals surface area contributed by atoms with Gasteiger partial charge in [-0.25, -0.2) is 4.98 Å². The highest BCUT2D eigenvalue weighted by atomic mass is 32.1. The summed E-state index contributed by atoms with van der Waals surface area (Å²) in [5.41, 5.74) is 3.44. The van der Waals surface area contributed by atoms with Crippen molar-refractivity contribution in [2.24, 2.45) is 0 Å². The number of nitrogens with zero attached hydrogens (tertiary/aromatic N) is 1. The lowest BCUT2D eigenvalue weighted by molar-refractivity contribution is 0.416. The summed E-state index contributed by atoms with van der Waals surface area (Å²) >= 11 is 1.71. The van der Waals surface area contributed by atoms with E-state index in [1.807, 2.05) is 6.07 Å². The molecule has 2 nitrogen and oxygen atoms in total. The molecule has 3 heteroatoms. The summed E-state index contributed by atoms with van der Waals surface area (Å²) in [6, 6.07) is 6.35. The van der Waals surface area contributed by atoms with Crippen LogP contribution in [0.25, 0.3) is 11.3 Å². The number of thiazole rings is 1. The van der Waals surface area contributed by atoms with Gasteiger partial charge in [-0.2, -0.15) is 0 Å². The fraction of sp³-hybridized carbons (Fsp3) is 0.400. The molecule has 0 unspecified atom stereocenters. The first kappa shape index (κ1) is 13.1. The van der Waals surface area contributed by atoms with Crippen molar-refractivity contribution in [1.29, 1.82) is 0 Å². The van der Waals surface area contributed by atoms with E-state index in [2.05, 4.69) is 43.3 Å². The molecule has 0 N–H and O–H groups in total. The van der Waals surface area contributed by atoms with Gasteiger partial charge in [-0.3, -0.25) is 0 Å². The summed E-state index contributed by atoms with van der Waals surface area (Å²) in [7, 11) is 1.71. The first-order valence-electron chi connectivity index (χ1n) is 6.28. The van der Waals surface area contributed by atoms with Crippen LogP contribution in [0, 0.1) is 0 Å². The van der Waals surface area contributed by atoms with Crippen LogP contribution in [0.4, 0.5) is 0 Å². The van der Waals surface area contributed by atoms with Crippen molar-refractivity contribution in [3.05, 3.63) is 34.2 Å². The Morgan fingerprint density at radius 2 is 2.11 bits per heavy atom. The molecule has 0 spiro atoms. The molecule has 1 aromatic heterocycles. The molecule has 2 rings (SSSR count). The molecule has 2 aromatic rings. The molecular formula is C15H19NOS. The standard InChI is InChI=1S/C15H19NOS/c1-5-15-16-13(9-18-15)12-8-11(10(2)3)6-7-14(12)17-4/h6-10H,5H2,1-4H3. The lowest BCUT2D eigenvalue weighted by Gasteiger charge is -2.11. The summed E-state index contributed by atoms with van der Waals surface area (Å²) in [6.45, 7) is 6.53. The molecule has 0 amide bonds. The van der Waals surface area contributed by atoms with E-state index < -0.39 is 0 Å². The molecule has 18 heavy (non-hydrogen) atoms. The minimum Gasteiger partial charge on any atom is -0.496 e. The van der Waals surface area contributed by atoms with Crippen LogP contribution in [-0.2, 0) is 6.42 Å². The topological polar surface area (TPSA) is 22.1 Å². The third-order valence-corrected chi connectivity index (χ3v) is 4.01. The molecule has 1 heterocycles. The Balaban J connectivity index is 2.49. The largest absolute Gasteiger partial charge is 0.496 e. The fourth-order valence-electron chi connectivity index (χ4n) is 1.88. The molecule has 0 aliphatic heterocycles. The van der Waals surface area contributed by atoms with Gasteiger partial charge in [-0.05, 0) is 30.0 Å². The van der Waals surface area contributed by atoms with E-state index >= 15 is 0 Å². The fourth-order valence-corrected chi connectivity index (χ4v) is 2.63. The summed E-state index contributed by atoms with van der Waals surface area (Å²) in [4.78, 5) is 4.65. The molecule has 96 valence electrons. The first-order valence-corrected chi connectivity index (χ1v) is 7.16. The van der Waals surface area contributed by atoms with Gasteiger partial charge < -0.3 is 4.74 Å². The van der Waals surface area contributed by atoms with Gasteiger partial charge >= 0.3 is 0 Å². The molecule has 0 bridgehead atoms. The van der Waals surface area contributed by atoms with E-state index in [0.29, 0.717) is 5.92 Å². The number of hydrogen-bond donors (Lipinski definition) is 0. The van der Waals surface area contributed by atoms with Crippen LogP contribution < -0.4 is 4.74 Å². The second-order valence-corrected chi connectivity index (χ2v) is 5.54. The minimum absolute atomic E-state index is 0.513. The maximum Gasteiger partial charge on any atom is 0.128 e. The number of aryl methyl sites for hydroxylation is 1. The van der Waals surface area contributed by atoms with Gasteiger partial charge in [-0.1, -0.05) is 26.8 Å². The predicted molar refractivity (Wildman–Crippen MR) is 77.6 cm³/mol. The number of benzene rings is 1. The SMILES string of the molecule is CCc1nc(-c2cc(C(C)C)ccc2OC)cs1. The summed E-state index contributed by atoms with van der Waals surface area (Å²) in [5.74, 6) is 1.41. The second kappa shape index (κ2) is 5.53. The van der Waals surface area contributed by atoms with Crippen molar-refractivity contribution in [2.45, 2.75) is 33.1 Å². The Bertz CT molecular complexity index is 531. The Labute approximate surface area is 113 Å². The number of rotatable bonds is 4. The van der Waals surface area contributed by atoms with E-state index in [1.54, 1.807) is 18.4 Å². The Hall–Kier alpha value is -1.35. The average Bonchev–Trinajstić information content (AvgIpc) is 2.86. The Morgan fingerprint density at radius 1 is 1.33 bits per heavy atom. The number of methoxy groups -OCH3 is 1. The van der Waals surface area contributed by atoms with Crippen LogP contribution >= 0.6 is 11.3 Å². The third kappa shape index (κ3) is 2.56. The van der Waals surface area contributed by atoms with Gasteiger partial charge in [0.25, 0.3) is 0 Å². The molecule has 0 saturated heterocycles. The molecule has 0 aliphatic carbocycles. The zero-order valence-electron chi connectivity index (χ0n) is 11.4. The number of aromatic nitrogens is 1. The quantitative estimate of drug-likeness (QED) is 0.808. The molecule has 0 atom stereocenters. The predicted octanol–water partition coefficient (Wildman–Crippen LogP) is 4.50. The monoisotopic (exact) mass is 261 g/mol. The summed E-state index contributed by atoms with van der Waals surface area (Å²) in [5, 5.41) is 3.28. The van der Waals surface area contributed by atoms with Crippen LogP contribution in [0.3, 0.4) is 0 Å². The molecule has 1 aromatic carbocycles. The van der Waals surface area contributed by atoms with Gasteiger partial charge in [0, 0.05) is 10.9 Å². The lowest BCUT2D eigenvalue weighted by atomic mass is 9.99.